The summed E-state index contributed by atoms with van der Waals surface area (Å²) in [7, 11) is 0. The summed E-state index contributed by atoms with van der Waals surface area (Å²) in [5, 5.41) is 3.59. The maximum Gasteiger partial charge on any atom is 0.0588 e. The van der Waals surface area contributed by atoms with E-state index < -0.39 is 0 Å². The maximum absolute atomic E-state index is 5.61. The molecule has 0 saturated carbocycles. The van der Waals surface area contributed by atoms with Gasteiger partial charge in [-0.3, -0.25) is 0 Å². The fourth-order valence-electron chi connectivity index (χ4n) is 2.38. The molecule has 0 amide bonds. The van der Waals surface area contributed by atoms with Gasteiger partial charge in [0.05, 0.1) is 6.10 Å². The molecule has 0 aromatic heterocycles. The van der Waals surface area contributed by atoms with E-state index >= 15 is 0 Å². The van der Waals surface area contributed by atoms with Crippen molar-refractivity contribution < 1.29 is 4.74 Å². The van der Waals surface area contributed by atoms with Crippen LogP contribution in [0.1, 0.15) is 58.8 Å². The molecule has 0 aromatic carbocycles. The fourth-order valence-corrected chi connectivity index (χ4v) is 2.38. The Balaban J connectivity index is 1.95. The standard InChI is InChI=1S/C14H29NO/c1-3-5-7-13(4-2)12-15-10-9-14-8-6-11-16-14/h13-15H,3-12H2,1-2H3. The highest BCUT2D eigenvalue weighted by Gasteiger charge is 2.14. The van der Waals surface area contributed by atoms with E-state index in [0.29, 0.717) is 6.10 Å². The van der Waals surface area contributed by atoms with E-state index in [1.165, 1.54) is 51.5 Å². The van der Waals surface area contributed by atoms with Crippen LogP contribution in [0.2, 0.25) is 0 Å². The summed E-state index contributed by atoms with van der Waals surface area (Å²) in [6.07, 6.45) is 9.69. The lowest BCUT2D eigenvalue weighted by Gasteiger charge is -2.16. The average Bonchev–Trinajstić information content (AvgIpc) is 2.81. The van der Waals surface area contributed by atoms with Crippen molar-refractivity contribution in [3.63, 3.8) is 0 Å². The minimum atomic E-state index is 0.545. The van der Waals surface area contributed by atoms with Crippen LogP contribution in [-0.2, 0) is 4.74 Å². The first-order valence-electron chi connectivity index (χ1n) is 7.19. The molecule has 0 spiro atoms. The number of hydrogen-bond donors (Lipinski definition) is 1. The number of rotatable bonds is 9. The summed E-state index contributed by atoms with van der Waals surface area (Å²) in [6, 6.07) is 0. The van der Waals surface area contributed by atoms with Gasteiger partial charge in [0.15, 0.2) is 0 Å². The van der Waals surface area contributed by atoms with Gasteiger partial charge >= 0.3 is 0 Å². The lowest BCUT2D eigenvalue weighted by atomic mass is 9.99. The molecule has 0 aromatic rings. The summed E-state index contributed by atoms with van der Waals surface area (Å²) < 4.78 is 5.61. The summed E-state index contributed by atoms with van der Waals surface area (Å²) in [4.78, 5) is 0. The lowest BCUT2D eigenvalue weighted by molar-refractivity contribution is 0.104. The molecule has 2 atom stereocenters. The first kappa shape index (κ1) is 14.0. The first-order chi connectivity index (χ1) is 7.86. The second-order valence-corrected chi connectivity index (χ2v) is 5.04. The van der Waals surface area contributed by atoms with E-state index in [9.17, 15) is 0 Å². The monoisotopic (exact) mass is 227 g/mol. The summed E-state index contributed by atoms with van der Waals surface area (Å²) >= 11 is 0. The minimum absolute atomic E-state index is 0.545. The van der Waals surface area contributed by atoms with Crippen molar-refractivity contribution in [3.8, 4) is 0 Å². The second kappa shape index (κ2) is 9.00. The zero-order valence-corrected chi connectivity index (χ0v) is 11.1. The smallest absolute Gasteiger partial charge is 0.0588 e. The fraction of sp³-hybridized carbons (Fsp3) is 1.00. The Morgan fingerprint density at radius 2 is 2.25 bits per heavy atom. The topological polar surface area (TPSA) is 21.3 Å². The highest BCUT2D eigenvalue weighted by atomic mass is 16.5. The SMILES string of the molecule is CCCCC(CC)CNCCC1CCCO1. The average molecular weight is 227 g/mol. The number of unbranched alkanes of at least 4 members (excludes halogenated alkanes) is 1. The van der Waals surface area contributed by atoms with E-state index in [-0.39, 0.29) is 0 Å². The van der Waals surface area contributed by atoms with Crippen LogP contribution >= 0.6 is 0 Å². The van der Waals surface area contributed by atoms with Crippen molar-refractivity contribution in [2.45, 2.75) is 64.9 Å². The van der Waals surface area contributed by atoms with Crippen molar-refractivity contribution in [3.05, 3.63) is 0 Å². The third kappa shape index (κ3) is 5.86. The Morgan fingerprint density at radius 1 is 1.38 bits per heavy atom. The Labute approximate surface area is 101 Å². The van der Waals surface area contributed by atoms with Crippen LogP contribution in [-0.4, -0.2) is 25.8 Å². The minimum Gasteiger partial charge on any atom is -0.378 e. The zero-order chi connectivity index (χ0) is 11.6. The third-order valence-electron chi connectivity index (χ3n) is 3.64. The molecule has 0 aliphatic carbocycles. The molecule has 2 heteroatoms. The van der Waals surface area contributed by atoms with Crippen LogP contribution in [0, 0.1) is 5.92 Å². The first-order valence-corrected chi connectivity index (χ1v) is 7.19. The molecule has 1 saturated heterocycles. The molecule has 2 unspecified atom stereocenters. The summed E-state index contributed by atoms with van der Waals surface area (Å²) in [5.41, 5.74) is 0. The zero-order valence-electron chi connectivity index (χ0n) is 11.1. The van der Waals surface area contributed by atoms with Crippen LogP contribution in [0.5, 0.6) is 0 Å². The molecular weight excluding hydrogens is 198 g/mol. The summed E-state index contributed by atoms with van der Waals surface area (Å²) in [5.74, 6) is 0.879. The molecule has 96 valence electrons. The quantitative estimate of drug-likeness (QED) is 0.610. The molecule has 1 aliphatic rings. The van der Waals surface area contributed by atoms with Crippen LogP contribution in [0.15, 0.2) is 0 Å². The molecule has 0 bridgehead atoms. The number of nitrogens with one attached hydrogen (secondary N) is 1. The Hall–Kier alpha value is -0.0800. The normalized spacial score (nSPS) is 22.5. The van der Waals surface area contributed by atoms with Gasteiger partial charge in [-0.2, -0.15) is 0 Å². The van der Waals surface area contributed by atoms with E-state index in [1.54, 1.807) is 0 Å². The van der Waals surface area contributed by atoms with Gasteiger partial charge in [-0.1, -0.05) is 33.1 Å². The van der Waals surface area contributed by atoms with Crippen LogP contribution in [0.4, 0.5) is 0 Å². The molecule has 1 N–H and O–H groups in total. The highest BCUT2D eigenvalue weighted by Crippen LogP contribution is 2.15. The second-order valence-electron chi connectivity index (χ2n) is 5.04. The maximum atomic E-state index is 5.61. The molecule has 1 aliphatic heterocycles. The van der Waals surface area contributed by atoms with E-state index in [1.807, 2.05) is 0 Å². The van der Waals surface area contributed by atoms with E-state index in [2.05, 4.69) is 19.2 Å². The predicted molar refractivity (Wildman–Crippen MR) is 69.8 cm³/mol. The van der Waals surface area contributed by atoms with Crippen LogP contribution < -0.4 is 5.32 Å². The molecule has 2 nitrogen and oxygen atoms in total. The molecule has 0 radical (unpaired) electrons. The molecular formula is C14H29NO. The largest absolute Gasteiger partial charge is 0.378 e. The molecule has 16 heavy (non-hydrogen) atoms. The molecule has 1 fully saturated rings. The Morgan fingerprint density at radius 3 is 2.88 bits per heavy atom. The lowest BCUT2D eigenvalue weighted by Crippen LogP contribution is -2.26. The van der Waals surface area contributed by atoms with Crippen molar-refractivity contribution in [1.29, 1.82) is 0 Å². The van der Waals surface area contributed by atoms with Crippen molar-refractivity contribution in [2.75, 3.05) is 19.7 Å². The number of hydrogen-bond acceptors (Lipinski definition) is 2. The van der Waals surface area contributed by atoms with Crippen molar-refractivity contribution in [2.24, 2.45) is 5.92 Å². The van der Waals surface area contributed by atoms with Gasteiger partial charge in [-0.15, -0.1) is 0 Å². The third-order valence-corrected chi connectivity index (χ3v) is 3.64. The highest BCUT2D eigenvalue weighted by molar-refractivity contribution is 4.67. The van der Waals surface area contributed by atoms with Crippen LogP contribution in [0.25, 0.3) is 0 Å². The summed E-state index contributed by atoms with van der Waals surface area (Å²) in [6.45, 7) is 7.90. The van der Waals surface area contributed by atoms with Crippen LogP contribution in [0.3, 0.4) is 0 Å². The van der Waals surface area contributed by atoms with Gasteiger partial charge in [0.1, 0.15) is 0 Å². The van der Waals surface area contributed by atoms with Gasteiger partial charge < -0.3 is 10.1 Å². The number of ether oxygens (including phenoxy) is 1. The van der Waals surface area contributed by atoms with Crippen molar-refractivity contribution in [1.82, 2.24) is 5.32 Å². The van der Waals surface area contributed by atoms with Gasteiger partial charge in [-0.25, -0.2) is 0 Å². The van der Waals surface area contributed by atoms with E-state index in [4.69, 9.17) is 4.74 Å². The molecule has 1 rings (SSSR count). The van der Waals surface area contributed by atoms with Gasteiger partial charge in [0, 0.05) is 6.61 Å². The van der Waals surface area contributed by atoms with E-state index in [0.717, 1.165) is 19.1 Å². The predicted octanol–water partition coefficient (Wildman–Crippen LogP) is 3.36. The van der Waals surface area contributed by atoms with Gasteiger partial charge in [0.25, 0.3) is 0 Å². The van der Waals surface area contributed by atoms with Gasteiger partial charge in [-0.05, 0) is 44.7 Å². The Bertz CT molecular complexity index is 155. The van der Waals surface area contributed by atoms with Gasteiger partial charge in [0.2, 0.25) is 0 Å². The Kier molecular flexibility index (Phi) is 7.87. The molecule has 1 heterocycles. The van der Waals surface area contributed by atoms with Crippen molar-refractivity contribution >= 4 is 0 Å².